The molecular weight excluding hydrogens is 457 g/mol. The normalized spacial score (nSPS) is 19.8. The van der Waals surface area contributed by atoms with Crippen LogP contribution in [0.1, 0.15) is 23.5 Å². The summed E-state index contributed by atoms with van der Waals surface area (Å²) in [6.07, 6.45) is 1.24. The Kier molecular flexibility index (Phi) is 5.92. The summed E-state index contributed by atoms with van der Waals surface area (Å²) in [7, 11) is 0. The maximum atomic E-state index is 6.56. The van der Waals surface area contributed by atoms with Gasteiger partial charge in [-0.05, 0) is 48.4 Å². The molecule has 2 atom stereocenters. The summed E-state index contributed by atoms with van der Waals surface area (Å²) in [4.78, 5) is 1.13. The van der Waals surface area contributed by atoms with Crippen molar-refractivity contribution in [3.8, 4) is 16.9 Å². The number of ether oxygens (including phenoxy) is 1. The van der Waals surface area contributed by atoms with E-state index in [0.29, 0.717) is 21.0 Å². The van der Waals surface area contributed by atoms with Crippen LogP contribution in [-0.4, -0.2) is 19.2 Å². The highest BCUT2D eigenvalue weighted by Crippen LogP contribution is 2.50. The molecular formula is C24H20Cl3NOS. The van der Waals surface area contributed by atoms with Crippen molar-refractivity contribution in [2.24, 2.45) is 0 Å². The van der Waals surface area contributed by atoms with E-state index in [1.165, 1.54) is 11.1 Å². The van der Waals surface area contributed by atoms with Crippen LogP contribution < -0.4 is 10.1 Å². The van der Waals surface area contributed by atoms with Crippen molar-refractivity contribution in [3.63, 3.8) is 0 Å². The fourth-order valence-corrected chi connectivity index (χ4v) is 6.32. The molecule has 1 fully saturated rings. The third-order valence-corrected chi connectivity index (χ3v) is 7.61. The lowest BCUT2D eigenvalue weighted by molar-refractivity contribution is 0.169. The van der Waals surface area contributed by atoms with Crippen LogP contribution in [0.2, 0.25) is 15.1 Å². The van der Waals surface area contributed by atoms with Gasteiger partial charge in [0.2, 0.25) is 0 Å². The number of benzene rings is 3. The number of piperidine rings is 1. The maximum absolute atomic E-state index is 6.56. The van der Waals surface area contributed by atoms with Gasteiger partial charge in [-0.1, -0.05) is 65.1 Å². The molecule has 0 radical (unpaired) electrons. The Morgan fingerprint density at radius 2 is 1.77 bits per heavy atom. The zero-order chi connectivity index (χ0) is 20.7. The van der Waals surface area contributed by atoms with Gasteiger partial charge in [0.15, 0.2) is 0 Å². The second kappa shape index (κ2) is 8.64. The highest BCUT2D eigenvalue weighted by atomic mass is 35.5. The molecule has 1 N–H and O–H groups in total. The molecule has 2 aliphatic heterocycles. The summed E-state index contributed by atoms with van der Waals surface area (Å²) in [5, 5.41) is 5.16. The van der Waals surface area contributed by atoms with Crippen LogP contribution in [0.4, 0.5) is 0 Å². The van der Waals surface area contributed by atoms with Crippen molar-refractivity contribution in [2.75, 3.05) is 13.1 Å². The van der Waals surface area contributed by atoms with Crippen molar-refractivity contribution in [2.45, 2.75) is 29.1 Å². The molecule has 2 aliphatic rings. The van der Waals surface area contributed by atoms with Crippen LogP contribution in [0.3, 0.4) is 0 Å². The van der Waals surface area contributed by atoms with Crippen molar-refractivity contribution in [1.29, 1.82) is 0 Å². The molecule has 0 amide bonds. The first kappa shape index (κ1) is 20.5. The smallest absolute Gasteiger partial charge is 0.137 e. The molecule has 30 heavy (non-hydrogen) atoms. The minimum atomic E-state index is 0.226. The number of nitrogens with one attached hydrogen (secondary N) is 1. The number of fused-ring (bicyclic) bond motifs is 3. The van der Waals surface area contributed by atoms with Crippen LogP contribution in [0.5, 0.6) is 5.75 Å². The van der Waals surface area contributed by atoms with E-state index in [2.05, 4.69) is 41.7 Å². The Morgan fingerprint density at radius 3 is 2.53 bits per heavy atom. The van der Waals surface area contributed by atoms with Gasteiger partial charge in [0.05, 0.1) is 14.9 Å². The van der Waals surface area contributed by atoms with Crippen molar-refractivity contribution >= 4 is 46.6 Å². The molecule has 0 aliphatic carbocycles. The minimum Gasteiger partial charge on any atom is -0.488 e. The quantitative estimate of drug-likeness (QED) is 0.395. The molecule has 154 valence electrons. The van der Waals surface area contributed by atoms with Crippen molar-refractivity contribution < 1.29 is 4.74 Å². The minimum absolute atomic E-state index is 0.226. The number of halogens is 3. The largest absolute Gasteiger partial charge is 0.488 e. The first-order chi connectivity index (χ1) is 14.6. The van der Waals surface area contributed by atoms with Crippen LogP contribution in [-0.2, 0) is 5.75 Å². The molecule has 3 aromatic carbocycles. The summed E-state index contributed by atoms with van der Waals surface area (Å²) in [5.41, 5.74) is 4.34. The molecule has 3 aromatic rings. The molecule has 2 heterocycles. The standard InChI is InChI=1S/C24H20Cl3NOS/c25-16-10-19(26)23(20(27)11-16)15-8-17-18-12-28-7-6-21(18)29-24(17)22(9-15)30-13-14-4-2-1-3-5-14/h1-5,8-11,18,21,28H,6-7,12-13H2/t18?,21-/m0/s1. The fraction of sp³-hybridized carbons (Fsp3) is 0.250. The molecule has 0 aromatic heterocycles. The fourth-order valence-electron chi connectivity index (χ4n) is 4.27. The third kappa shape index (κ3) is 3.94. The summed E-state index contributed by atoms with van der Waals surface area (Å²) in [6, 6.07) is 18.3. The molecule has 5 rings (SSSR count). The van der Waals surface area contributed by atoms with Crippen LogP contribution in [0, 0.1) is 0 Å². The van der Waals surface area contributed by atoms with Crippen molar-refractivity contribution in [1.82, 2.24) is 5.32 Å². The predicted octanol–water partition coefficient (Wildman–Crippen LogP) is 7.44. The average molecular weight is 477 g/mol. The average Bonchev–Trinajstić information content (AvgIpc) is 3.11. The van der Waals surface area contributed by atoms with Crippen LogP contribution >= 0.6 is 46.6 Å². The lowest BCUT2D eigenvalue weighted by Crippen LogP contribution is -2.37. The van der Waals surface area contributed by atoms with E-state index in [4.69, 9.17) is 39.5 Å². The van der Waals surface area contributed by atoms with E-state index in [1.807, 2.05) is 6.07 Å². The summed E-state index contributed by atoms with van der Waals surface area (Å²) in [6.45, 7) is 1.91. The van der Waals surface area contributed by atoms with Gasteiger partial charge in [-0.15, -0.1) is 11.8 Å². The Morgan fingerprint density at radius 1 is 1.00 bits per heavy atom. The summed E-state index contributed by atoms with van der Waals surface area (Å²) in [5.74, 6) is 2.23. The van der Waals surface area contributed by atoms with Crippen LogP contribution in [0.25, 0.3) is 11.1 Å². The highest BCUT2D eigenvalue weighted by Gasteiger charge is 2.38. The lowest BCUT2D eigenvalue weighted by Gasteiger charge is -2.25. The van der Waals surface area contributed by atoms with Gasteiger partial charge in [0, 0.05) is 34.4 Å². The van der Waals surface area contributed by atoms with E-state index in [0.717, 1.165) is 47.0 Å². The molecule has 1 unspecified atom stereocenters. The van der Waals surface area contributed by atoms with Gasteiger partial charge >= 0.3 is 0 Å². The lowest BCUT2D eigenvalue weighted by atomic mass is 9.89. The van der Waals surface area contributed by atoms with Gasteiger partial charge in [-0.25, -0.2) is 0 Å². The number of hydrogen-bond acceptors (Lipinski definition) is 3. The monoisotopic (exact) mass is 475 g/mol. The molecule has 6 heteroatoms. The van der Waals surface area contributed by atoms with Crippen LogP contribution in [0.15, 0.2) is 59.5 Å². The molecule has 0 saturated carbocycles. The van der Waals surface area contributed by atoms with Gasteiger partial charge in [-0.2, -0.15) is 0 Å². The third-order valence-electron chi connectivity index (χ3n) is 5.70. The Balaban J connectivity index is 1.59. The molecule has 0 bridgehead atoms. The van der Waals surface area contributed by atoms with E-state index in [1.54, 1.807) is 23.9 Å². The molecule has 1 saturated heterocycles. The number of thioether (sulfide) groups is 1. The van der Waals surface area contributed by atoms with E-state index in [9.17, 15) is 0 Å². The number of rotatable bonds is 4. The zero-order valence-corrected chi connectivity index (χ0v) is 19.2. The first-order valence-corrected chi connectivity index (χ1v) is 12.1. The summed E-state index contributed by atoms with van der Waals surface area (Å²) < 4.78 is 6.45. The second-order valence-corrected chi connectivity index (χ2v) is 9.94. The van der Waals surface area contributed by atoms with Gasteiger partial charge in [0.25, 0.3) is 0 Å². The predicted molar refractivity (Wildman–Crippen MR) is 128 cm³/mol. The van der Waals surface area contributed by atoms with Gasteiger partial charge in [-0.3, -0.25) is 0 Å². The van der Waals surface area contributed by atoms with E-state index >= 15 is 0 Å². The maximum Gasteiger partial charge on any atom is 0.137 e. The Labute approximate surface area is 195 Å². The van der Waals surface area contributed by atoms with E-state index in [-0.39, 0.29) is 6.10 Å². The highest BCUT2D eigenvalue weighted by molar-refractivity contribution is 7.98. The van der Waals surface area contributed by atoms with Gasteiger partial charge in [0.1, 0.15) is 11.9 Å². The van der Waals surface area contributed by atoms with Gasteiger partial charge < -0.3 is 10.1 Å². The summed E-state index contributed by atoms with van der Waals surface area (Å²) >= 11 is 21.1. The first-order valence-electron chi connectivity index (χ1n) is 9.97. The van der Waals surface area contributed by atoms with Crippen molar-refractivity contribution in [3.05, 3.63) is 80.8 Å². The second-order valence-electron chi connectivity index (χ2n) is 7.67. The number of hydrogen-bond donors (Lipinski definition) is 1. The Bertz CT molecular complexity index is 1070. The Hall–Kier alpha value is -1.36. The molecule has 2 nitrogen and oxygen atoms in total. The van der Waals surface area contributed by atoms with E-state index < -0.39 is 0 Å². The SMILES string of the molecule is Clc1cc(Cl)c(-c2cc(SCc3ccccc3)c3c(c2)C2CNCC[C@@H]2O3)c(Cl)c1. The zero-order valence-electron chi connectivity index (χ0n) is 16.1. The topological polar surface area (TPSA) is 21.3 Å². The molecule has 0 spiro atoms.